The Hall–Kier alpha value is -1.40. The summed E-state index contributed by atoms with van der Waals surface area (Å²) in [7, 11) is -3.38. The molecule has 0 atom stereocenters. The van der Waals surface area contributed by atoms with Gasteiger partial charge in [0.1, 0.15) is 0 Å². The fraction of sp³-hybridized carbons (Fsp3) is 0.650. The molecule has 0 radical (unpaired) electrons. The van der Waals surface area contributed by atoms with Gasteiger partial charge in [0.05, 0.1) is 4.90 Å². The van der Waals surface area contributed by atoms with Gasteiger partial charge in [-0.3, -0.25) is 4.79 Å². The molecule has 0 spiro atoms. The summed E-state index contributed by atoms with van der Waals surface area (Å²) in [5.74, 6) is 0.713. The second kappa shape index (κ2) is 10.1. The van der Waals surface area contributed by atoms with Crippen molar-refractivity contribution in [3.8, 4) is 0 Å². The number of benzene rings is 1. The summed E-state index contributed by atoms with van der Waals surface area (Å²) in [6, 6.07) is 6.98. The third-order valence-corrected chi connectivity index (χ3v) is 6.71. The number of aryl methyl sites for hydroxylation is 1. The first-order chi connectivity index (χ1) is 12.4. The van der Waals surface area contributed by atoms with Crippen molar-refractivity contribution >= 4 is 15.9 Å². The fourth-order valence-corrected chi connectivity index (χ4v) is 4.68. The molecule has 6 heteroatoms. The van der Waals surface area contributed by atoms with Crippen LogP contribution in [0, 0.1) is 5.92 Å². The van der Waals surface area contributed by atoms with Crippen LogP contribution in [0.4, 0.5) is 0 Å². The highest BCUT2D eigenvalue weighted by Crippen LogP contribution is 2.21. The maximum atomic E-state index is 12.6. The summed E-state index contributed by atoms with van der Waals surface area (Å²) in [5, 5.41) is 2.95. The molecule has 0 bridgehead atoms. The summed E-state index contributed by atoms with van der Waals surface area (Å²) in [6.45, 7) is 6.31. The molecule has 1 aliphatic heterocycles. The van der Waals surface area contributed by atoms with Gasteiger partial charge in [-0.1, -0.05) is 32.4 Å². The largest absolute Gasteiger partial charge is 0.356 e. The van der Waals surface area contributed by atoms with E-state index in [-0.39, 0.29) is 5.91 Å². The van der Waals surface area contributed by atoms with Gasteiger partial charge in [0.2, 0.25) is 15.9 Å². The lowest BCUT2D eigenvalue weighted by atomic mass is 10.1. The zero-order valence-corrected chi connectivity index (χ0v) is 16.9. The third kappa shape index (κ3) is 6.40. The van der Waals surface area contributed by atoms with Crippen LogP contribution in [0.2, 0.25) is 0 Å². The van der Waals surface area contributed by atoms with Crippen molar-refractivity contribution in [1.29, 1.82) is 0 Å². The Labute approximate surface area is 158 Å². The molecule has 0 aliphatic carbocycles. The number of carbonyl (C=O) groups excluding carboxylic acids is 1. The Kier molecular flexibility index (Phi) is 8.10. The van der Waals surface area contributed by atoms with E-state index in [0.717, 1.165) is 44.2 Å². The molecule has 1 aromatic carbocycles. The topological polar surface area (TPSA) is 66.5 Å². The zero-order valence-electron chi connectivity index (χ0n) is 16.0. The van der Waals surface area contributed by atoms with Crippen molar-refractivity contribution < 1.29 is 13.2 Å². The van der Waals surface area contributed by atoms with Crippen molar-refractivity contribution in [2.24, 2.45) is 5.92 Å². The summed E-state index contributed by atoms with van der Waals surface area (Å²) in [5.41, 5.74) is 0.986. The molecule has 1 heterocycles. The Morgan fingerprint density at radius 1 is 1.12 bits per heavy atom. The third-order valence-electron chi connectivity index (χ3n) is 4.80. The van der Waals surface area contributed by atoms with Gasteiger partial charge in [0.25, 0.3) is 0 Å². The minimum atomic E-state index is -3.38. The smallest absolute Gasteiger partial charge is 0.243 e. The van der Waals surface area contributed by atoms with Crippen LogP contribution in [0.5, 0.6) is 0 Å². The highest BCUT2D eigenvalue weighted by atomic mass is 32.2. The highest BCUT2D eigenvalue weighted by molar-refractivity contribution is 7.89. The molecular formula is C20H32N2O3S. The number of hydrogen-bond donors (Lipinski definition) is 1. The van der Waals surface area contributed by atoms with Gasteiger partial charge in [0, 0.05) is 26.1 Å². The molecule has 2 rings (SSSR count). The number of nitrogens with one attached hydrogen (secondary N) is 1. The summed E-state index contributed by atoms with van der Waals surface area (Å²) >= 11 is 0. The molecule has 0 aromatic heterocycles. The van der Waals surface area contributed by atoms with E-state index in [1.807, 2.05) is 12.1 Å². The molecular weight excluding hydrogens is 348 g/mol. The Bertz CT molecular complexity index is 663. The standard InChI is InChI=1S/C20H32N2O3S/c1-17(2)7-6-14-21-20(23)13-10-18-8-11-19(12-9-18)26(24,25)22-15-4-3-5-16-22/h8-9,11-12,17H,3-7,10,13-16H2,1-2H3,(H,21,23). The predicted molar refractivity (Wildman–Crippen MR) is 104 cm³/mol. The quantitative estimate of drug-likeness (QED) is 0.668. The first kappa shape index (κ1) is 20.9. The monoisotopic (exact) mass is 380 g/mol. The van der Waals surface area contributed by atoms with Crippen LogP contribution in [0.15, 0.2) is 29.2 Å². The number of piperidine rings is 1. The van der Waals surface area contributed by atoms with Gasteiger partial charge in [-0.25, -0.2) is 8.42 Å². The first-order valence-corrected chi connectivity index (χ1v) is 11.2. The van der Waals surface area contributed by atoms with E-state index in [9.17, 15) is 13.2 Å². The molecule has 1 N–H and O–H groups in total. The van der Waals surface area contributed by atoms with Crippen LogP contribution in [0.3, 0.4) is 0 Å². The fourth-order valence-electron chi connectivity index (χ4n) is 3.17. The van der Waals surface area contributed by atoms with E-state index in [1.54, 1.807) is 16.4 Å². The van der Waals surface area contributed by atoms with Crippen molar-refractivity contribution in [3.05, 3.63) is 29.8 Å². The van der Waals surface area contributed by atoms with E-state index in [0.29, 0.717) is 36.7 Å². The maximum Gasteiger partial charge on any atom is 0.243 e. The lowest BCUT2D eigenvalue weighted by Crippen LogP contribution is -2.35. The van der Waals surface area contributed by atoms with Crippen LogP contribution < -0.4 is 5.32 Å². The second-order valence-electron chi connectivity index (χ2n) is 7.49. The van der Waals surface area contributed by atoms with Crippen molar-refractivity contribution in [3.63, 3.8) is 0 Å². The van der Waals surface area contributed by atoms with Gasteiger partial charge in [-0.05, 0) is 55.7 Å². The minimum absolute atomic E-state index is 0.0544. The average molecular weight is 381 g/mol. The number of rotatable bonds is 9. The molecule has 5 nitrogen and oxygen atoms in total. The lowest BCUT2D eigenvalue weighted by molar-refractivity contribution is -0.121. The number of nitrogens with zero attached hydrogens (tertiary/aromatic N) is 1. The molecule has 1 aliphatic rings. The van der Waals surface area contributed by atoms with Crippen LogP contribution in [-0.4, -0.2) is 38.3 Å². The SMILES string of the molecule is CC(C)CCCNC(=O)CCc1ccc(S(=O)(=O)N2CCCCC2)cc1. The number of carbonyl (C=O) groups is 1. The highest BCUT2D eigenvalue weighted by Gasteiger charge is 2.25. The normalized spacial score (nSPS) is 16.0. The molecule has 1 saturated heterocycles. The Morgan fingerprint density at radius 2 is 1.77 bits per heavy atom. The summed E-state index contributed by atoms with van der Waals surface area (Å²) in [6.07, 6.45) is 6.15. The molecule has 146 valence electrons. The summed E-state index contributed by atoms with van der Waals surface area (Å²) in [4.78, 5) is 12.2. The van der Waals surface area contributed by atoms with Crippen molar-refractivity contribution in [1.82, 2.24) is 9.62 Å². The van der Waals surface area contributed by atoms with Crippen molar-refractivity contribution in [2.75, 3.05) is 19.6 Å². The van der Waals surface area contributed by atoms with Gasteiger partial charge < -0.3 is 5.32 Å². The first-order valence-electron chi connectivity index (χ1n) is 9.75. The average Bonchev–Trinajstić information content (AvgIpc) is 2.64. The second-order valence-corrected chi connectivity index (χ2v) is 9.43. The van der Waals surface area contributed by atoms with E-state index in [1.165, 1.54) is 0 Å². The lowest BCUT2D eigenvalue weighted by Gasteiger charge is -2.25. The summed E-state index contributed by atoms with van der Waals surface area (Å²) < 4.78 is 26.8. The Balaban J connectivity index is 1.81. The Morgan fingerprint density at radius 3 is 2.38 bits per heavy atom. The maximum absolute atomic E-state index is 12.6. The number of amides is 1. The zero-order chi connectivity index (χ0) is 19.0. The van der Waals surface area contributed by atoms with Crippen molar-refractivity contribution in [2.45, 2.75) is 63.7 Å². The van der Waals surface area contributed by atoms with Gasteiger partial charge in [0.15, 0.2) is 0 Å². The molecule has 1 fully saturated rings. The van der Waals surface area contributed by atoms with E-state index in [4.69, 9.17) is 0 Å². The molecule has 0 unspecified atom stereocenters. The van der Waals surface area contributed by atoms with Gasteiger partial charge in [-0.2, -0.15) is 4.31 Å². The molecule has 26 heavy (non-hydrogen) atoms. The predicted octanol–water partition coefficient (Wildman–Crippen LogP) is 3.35. The minimum Gasteiger partial charge on any atom is -0.356 e. The van der Waals surface area contributed by atoms with Gasteiger partial charge in [-0.15, -0.1) is 0 Å². The molecule has 1 aromatic rings. The number of hydrogen-bond acceptors (Lipinski definition) is 3. The van der Waals surface area contributed by atoms with Crippen LogP contribution in [0.25, 0.3) is 0 Å². The van der Waals surface area contributed by atoms with E-state index >= 15 is 0 Å². The number of sulfonamides is 1. The van der Waals surface area contributed by atoms with Crippen LogP contribution in [-0.2, 0) is 21.2 Å². The van der Waals surface area contributed by atoms with E-state index in [2.05, 4.69) is 19.2 Å². The molecule has 1 amide bonds. The molecule has 0 saturated carbocycles. The van der Waals surface area contributed by atoms with Gasteiger partial charge >= 0.3 is 0 Å². The van der Waals surface area contributed by atoms with E-state index < -0.39 is 10.0 Å². The van der Waals surface area contributed by atoms with Crippen LogP contribution in [0.1, 0.15) is 57.9 Å². The van der Waals surface area contributed by atoms with Crippen LogP contribution >= 0.6 is 0 Å².